The molecule has 31 heavy (non-hydrogen) atoms. The summed E-state index contributed by atoms with van der Waals surface area (Å²) in [7, 11) is 7.85. The summed E-state index contributed by atoms with van der Waals surface area (Å²) in [6, 6.07) is 0. The van der Waals surface area contributed by atoms with Gasteiger partial charge in [0.05, 0.1) is 10.5 Å². The summed E-state index contributed by atoms with van der Waals surface area (Å²) in [4.78, 5) is 23.4. The first kappa shape index (κ1) is 31.7. The van der Waals surface area contributed by atoms with Crippen molar-refractivity contribution in [3.8, 4) is 0 Å². The molecule has 0 aromatic heterocycles. The highest BCUT2D eigenvalue weighted by atomic mass is 33.8. The lowest BCUT2D eigenvalue weighted by atomic mass is 10.1. The van der Waals surface area contributed by atoms with Gasteiger partial charge < -0.3 is 11.5 Å². The van der Waals surface area contributed by atoms with Gasteiger partial charge in [-0.2, -0.15) is 0 Å². The highest BCUT2D eigenvalue weighted by Crippen LogP contribution is 2.51. The van der Waals surface area contributed by atoms with Crippen LogP contribution in [0.15, 0.2) is 0 Å². The molecule has 0 aromatic rings. The van der Waals surface area contributed by atoms with Gasteiger partial charge in [-0.15, -0.1) is 0 Å². The summed E-state index contributed by atoms with van der Waals surface area (Å²) < 4.78 is 0. The molecule has 0 saturated carbocycles. The quantitative estimate of drug-likeness (QED) is 0.0962. The predicted octanol–water partition coefficient (Wildman–Crippen LogP) is 8.30. The first-order valence-electron chi connectivity index (χ1n) is 11.9. The van der Waals surface area contributed by atoms with Gasteiger partial charge in [-0.25, -0.2) is 0 Å². The number of hydrogen-bond acceptors (Lipinski definition) is 7. The minimum absolute atomic E-state index is 0.140. The maximum absolute atomic E-state index is 11.7. The molecule has 0 heterocycles. The van der Waals surface area contributed by atoms with Crippen molar-refractivity contribution in [1.29, 1.82) is 0 Å². The van der Waals surface area contributed by atoms with E-state index in [9.17, 15) is 9.59 Å². The highest BCUT2D eigenvalue weighted by Gasteiger charge is 2.18. The van der Waals surface area contributed by atoms with Crippen LogP contribution in [-0.2, 0) is 9.59 Å². The number of carbonyl (C=O) groups is 2. The first-order chi connectivity index (χ1) is 15.0. The van der Waals surface area contributed by atoms with Gasteiger partial charge in [0.25, 0.3) is 0 Å². The molecule has 2 atom stereocenters. The highest BCUT2D eigenvalue weighted by molar-refractivity contribution is 9.35. The second kappa shape index (κ2) is 23.8. The molecule has 2 amide bonds. The molecule has 4 N–H and O–H groups in total. The van der Waals surface area contributed by atoms with Gasteiger partial charge >= 0.3 is 0 Å². The molecule has 0 spiro atoms. The minimum atomic E-state index is -0.226. The van der Waals surface area contributed by atoms with Crippen LogP contribution in [-0.4, -0.2) is 22.3 Å². The fourth-order valence-electron chi connectivity index (χ4n) is 3.19. The van der Waals surface area contributed by atoms with Crippen molar-refractivity contribution in [3.05, 3.63) is 0 Å². The number of amides is 2. The van der Waals surface area contributed by atoms with Crippen molar-refractivity contribution in [2.24, 2.45) is 11.5 Å². The van der Waals surface area contributed by atoms with Gasteiger partial charge in [0, 0.05) is 0 Å². The molecule has 0 rings (SSSR count). The monoisotopic (exact) mass is 528 g/mol. The summed E-state index contributed by atoms with van der Waals surface area (Å²) in [6.07, 6.45) is 19.1. The third kappa shape index (κ3) is 21.0. The molecule has 4 nitrogen and oxygen atoms in total. The normalized spacial score (nSPS) is 13.2. The van der Waals surface area contributed by atoms with Crippen LogP contribution >= 0.6 is 51.1 Å². The Labute approximate surface area is 210 Å². The number of carbonyl (C=O) groups excluding carboxylic acids is 2. The van der Waals surface area contributed by atoms with E-state index in [0.29, 0.717) is 0 Å². The first-order valence-corrected chi connectivity index (χ1v) is 18.2. The Morgan fingerprint density at radius 3 is 1.19 bits per heavy atom. The lowest BCUT2D eigenvalue weighted by Gasteiger charge is -2.13. The molecular formula is C22H44N2O2S5. The summed E-state index contributed by atoms with van der Waals surface area (Å²) in [6.45, 7) is 4.46. The van der Waals surface area contributed by atoms with Gasteiger partial charge in [-0.05, 0) is 42.3 Å². The Morgan fingerprint density at radius 2 is 0.871 bits per heavy atom. The summed E-state index contributed by atoms with van der Waals surface area (Å²) in [5.74, 6) is -0.452. The van der Waals surface area contributed by atoms with E-state index in [4.69, 9.17) is 11.5 Å². The lowest BCUT2D eigenvalue weighted by molar-refractivity contribution is -0.118. The largest absolute Gasteiger partial charge is 0.369 e. The summed E-state index contributed by atoms with van der Waals surface area (Å²) in [5, 5.41) is -0.281. The van der Waals surface area contributed by atoms with E-state index in [1.54, 1.807) is 51.1 Å². The van der Waals surface area contributed by atoms with E-state index in [1.165, 1.54) is 77.0 Å². The van der Waals surface area contributed by atoms with E-state index < -0.39 is 0 Å². The standard InChI is InChI=1S/C22H44N2O2S5/c1-3-5-7-9-11-13-15-17-19(21(23)25)27-29-31-30-28-20(22(24)26)18-16-14-12-10-8-6-4-2/h19-20H,3-18H2,1-2H3,(H2,23,25)(H2,24,26). The number of primary amides is 2. The van der Waals surface area contributed by atoms with Crippen LogP contribution in [0.25, 0.3) is 0 Å². The third-order valence-corrected chi connectivity index (χ3v) is 14.4. The molecule has 184 valence electrons. The zero-order valence-corrected chi connectivity index (χ0v) is 23.6. The van der Waals surface area contributed by atoms with E-state index in [1.807, 2.05) is 0 Å². The topological polar surface area (TPSA) is 86.2 Å². The van der Waals surface area contributed by atoms with E-state index >= 15 is 0 Å². The van der Waals surface area contributed by atoms with Crippen molar-refractivity contribution < 1.29 is 9.59 Å². The summed E-state index contributed by atoms with van der Waals surface area (Å²) >= 11 is 0. The van der Waals surface area contributed by atoms with Gasteiger partial charge in [0.15, 0.2) is 0 Å². The maximum Gasteiger partial charge on any atom is 0.231 e. The van der Waals surface area contributed by atoms with Crippen molar-refractivity contribution in [2.75, 3.05) is 0 Å². The van der Waals surface area contributed by atoms with Crippen LogP contribution in [0.2, 0.25) is 0 Å². The Kier molecular flexibility index (Phi) is 24.4. The van der Waals surface area contributed by atoms with Crippen molar-refractivity contribution in [1.82, 2.24) is 0 Å². The Bertz CT molecular complexity index is 406. The molecule has 0 aliphatic rings. The van der Waals surface area contributed by atoms with Gasteiger partial charge in [-0.3, -0.25) is 9.59 Å². The predicted molar refractivity (Wildman–Crippen MR) is 149 cm³/mol. The smallest absolute Gasteiger partial charge is 0.231 e. The molecular weight excluding hydrogens is 485 g/mol. The second-order valence-electron chi connectivity index (χ2n) is 8.00. The van der Waals surface area contributed by atoms with Crippen molar-refractivity contribution >= 4 is 62.9 Å². The molecule has 0 fully saturated rings. The summed E-state index contributed by atoms with van der Waals surface area (Å²) in [5.41, 5.74) is 11.1. The van der Waals surface area contributed by atoms with E-state index in [2.05, 4.69) is 13.8 Å². The molecule has 0 bridgehead atoms. The molecule has 0 aromatic carbocycles. The van der Waals surface area contributed by atoms with Crippen LogP contribution in [0.1, 0.15) is 117 Å². The molecule has 0 radical (unpaired) electrons. The van der Waals surface area contributed by atoms with Gasteiger partial charge in [0.2, 0.25) is 11.8 Å². The molecule has 9 heteroatoms. The number of unbranched alkanes of at least 4 members (excludes halogenated alkanes) is 12. The van der Waals surface area contributed by atoms with Crippen LogP contribution < -0.4 is 11.5 Å². The minimum Gasteiger partial charge on any atom is -0.369 e. The average Bonchev–Trinajstić information content (AvgIpc) is 2.74. The van der Waals surface area contributed by atoms with Gasteiger partial charge in [-0.1, -0.05) is 125 Å². The SMILES string of the molecule is CCCCCCCCCC(SSSSSC(CCCCCCCCC)C(N)=O)C(N)=O. The zero-order valence-electron chi connectivity index (χ0n) is 19.5. The second-order valence-corrected chi connectivity index (χ2v) is 16.0. The lowest BCUT2D eigenvalue weighted by Crippen LogP contribution is -2.25. The zero-order chi connectivity index (χ0) is 23.2. The van der Waals surface area contributed by atoms with Crippen molar-refractivity contribution in [2.45, 2.75) is 127 Å². The van der Waals surface area contributed by atoms with E-state index in [0.717, 1.165) is 25.7 Å². The van der Waals surface area contributed by atoms with Crippen LogP contribution in [0.4, 0.5) is 0 Å². The fourth-order valence-corrected chi connectivity index (χ4v) is 12.8. The van der Waals surface area contributed by atoms with Gasteiger partial charge in [0.1, 0.15) is 0 Å². The molecule has 2 unspecified atom stereocenters. The van der Waals surface area contributed by atoms with Crippen LogP contribution in [0, 0.1) is 0 Å². The Balaban J connectivity index is 3.85. The molecule has 0 saturated heterocycles. The molecule has 0 aliphatic carbocycles. The average molecular weight is 529 g/mol. The van der Waals surface area contributed by atoms with Crippen LogP contribution in [0.5, 0.6) is 0 Å². The Hall–Kier alpha value is 0.690. The number of hydrogen-bond donors (Lipinski definition) is 2. The van der Waals surface area contributed by atoms with Crippen LogP contribution in [0.3, 0.4) is 0 Å². The number of rotatable bonds is 24. The van der Waals surface area contributed by atoms with Crippen molar-refractivity contribution in [3.63, 3.8) is 0 Å². The molecule has 0 aliphatic heterocycles. The maximum atomic E-state index is 11.7. The third-order valence-electron chi connectivity index (χ3n) is 5.14. The Morgan fingerprint density at radius 1 is 0.548 bits per heavy atom. The van der Waals surface area contributed by atoms with E-state index in [-0.39, 0.29) is 22.3 Å². The number of nitrogens with two attached hydrogens (primary N) is 2. The fraction of sp³-hybridized carbons (Fsp3) is 0.909.